The first-order valence-electron chi connectivity index (χ1n) is 12.4. The van der Waals surface area contributed by atoms with Gasteiger partial charge in [-0.2, -0.15) is 13.2 Å². The molecule has 1 aliphatic carbocycles. The van der Waals surface area contributed by atoms with E-state index in [4.69, 9.17) is 4.74 Å². The highest BCUT2D eigenvalue weighted by Gasteiger charge is 2.44. The first-order valence-corrected chi connectivity index (χ1v) is 12.4. The van der Waals surface area contributed by atoms with Crippen LogP contribution in [0, 0.1) is 0 Å². The van der Waals surface area contributed by atoms with Crippen LogP contribution in [-0.2, 0) is 25.3 Å². The van der Waals surface area contributed by atoms with Crippen molar-refractivity contribution in [2.45, 2.75) is 50.5 Å². The van der Waals surface area contributed by atoms with Gasteiger partial charge in [0.25, 0.3) is 5.91 Å². The zero-order valence-electron chi connectivity index (χ0n) is 21.1. The van der Waals surface area contributed by atoms with Gasteiger partial charge in [0.15, 0.2) is 0 Å². The number of fused-ring (bicyclic) bond motifs is 1. The Morgan fingerprint density at radius 2 is 1.76 bits per heavy atom. The molecular formula is C27H29F3N4O4. The lowest BCUT2D eigenvalue weighted by Gasteiger charge is -2.30. The van der Waals surface area contributed by atoms with Crippen LogP contribution in [0.3, 0.4) is 0 Å². The van der Waals surface area contributed by atoms with Gasteiger partial charge in [-0.25, -0.2) is 4.99 Å². The lowest BCUT2D eigenvalue weighted by atomic mass is 9.96. The summed E-state index contributed by atoms with van der Waals surface area (Å²) in [6.45, 7) is 1.91. The number of aliphatic imine (C=N–C) groups is 1. The molecule has 1 saturated carbocycles. The van der Waals surface area contributed by atoms with Gasteiger partial charge in [-0.3, -0.25) is 14.4 Å². The maximum Gasteiger partial charge on any atom is 0.416 e. The van der Waals surface area contributed by atoms with E-state index in [1.54, 1.807) is 38.2 Å². The lowest BCUT2D eigenvalue weighted by molar-refractivity contribution is -0.137. The first kappa shape index (κ1) is 27.3. The van der Waals surface area contributed by atoms with Crippen LogP contribution in [-0.4, -0.2) is 55.4 Å². The number of carbonyl (C=O) groups is 3. The monoisotopic (exact) mass is 530 g/mol. The van der Waals surface area contributed by atoms with Crippen molar-refractivity contribution in [1.82, 2.24) is 10.6 Å². The van der Waals surface area contributed by atoms with Crippen LogP contribution in [0.4, 0.5) is 18.9 Å². The zero-order chi connectivity index (χ0) is 27.5. The minimum absolute atomic E-state index is 0.192. The average Bonchev–Trinajstić information content (AvgIpc) is 3.34. The van der Waals surface area contributed by atoms with Gasteiger partial charge in [0.1, 0.15) is 12.1 Å². The highest BCUT2D eigenvalue weighted by molar-refractivity contribution is 6.20. The predicted molar refractivity (Wildman–Crippen MR) is 135 cm³/mol. The van der Waals surface area contributed by atoms with Crippen molar-refractivity contribution in [2.24, 2.45) is 4.99 Å². The summed E-state index contributed by atoms with van der Waals surface area (Å²) in [6, 6.07) is 11.4. The summed E-state index contributed by atoms with van der Waals surface area (Å²) >= 11 is 0. The Morgan fingerprint density at radius 1 is 1.11 bits per heavy atom. The molecule has 3 amide bonds. The van der Waals surface area contributed by atoms with Gasteiger partial charge >= 0.3 is 6.18 Å². The average molecular weight is 531 g/mol. The van der Waals surface area contributed by atoms with Crippen molar-refractivity contribution in [3.05, 3.63) is 65.2 Å². The van der Waals surface area contributed by atoms with E-state index in [1.807, 2.05) is 0 Å². The van der Waals surface area contributed by atoms with E-state index in [0.29, 0.717) is 49.1 Å². The summed E-state index contributed by atoms with van der Waals surface area (Å²) < 4.78 is 44.6. The summed E-state index contributed by atoms with van der Waals surface area (Å²) in [7, 11) is 1.54. The predicted octanol–water partition coefficient (Wildman–Crippen LogP) is 3.43. The number of amides is 3. The molecule has 202 valence electrons. The van der Waals surface area contributed by atoms with E-state index >= 15 is 0 Å². The normalized spacial score (nSPS) is 18.9. The number of benzene rings is 2. The molecule has 1 unspecified atom stereocenters. The molecule has 4 rings (SSSR count). The Balaban J connectivity index is 1.70. The third-order valence-electron chi connectivity index (χ3n) is 6.80. The van der Waals surface area contributed by atoms with Gasteiger partial charge < -0.3 is 20.3 Å². The Bertz CT molecular complexity index is 1240. The molecule has 2 aromatic carbocycles. The molecule has 0 bridgehead atoms. The van der Waals surface area contributed by atoms with Crippen molar-refractivity contribution in [2.75, 3.05) is 25.2 Å². The number of likely N-dealkylation sites (N-methyl/N-ethyl adjacent to an activating group) is 1. The molecule has 1 atom stereocenters. The van der Waals surface area contributed by atoms with Crippen molar-refractivity contribution < 1.29 is 32.3 Å². The van der Waals surface area contributed by atoms with Crippen molar-refractivity contribution in [3.63, 3.8) is 0 Å². The molecule has 8 nitrogen and oxygen atoms in total. The number of nitrogens with zero attached hydrogens (tertiary/aromatic N) is 2. The molecule has 0 spiro atoms. The van der Waals surface area contributed by atoms with E-state index in [-0.39, 0.29) is 12.3 Å². The smallest absolute Gasteiger partial charge is 0.372 e. The van der Waals surface area contributed by atoms with Crippen molar-refractivity contribution in [3.8, 4) is 0 Å². The zero-order valence-corrected chi connectivity index (χ0v) is 21.1. The second kappa shape index (κ2) is 10.9. The largest absolute Gasteiger partial charge is 0.416 e. The van der Waals surface area contributed by atoms with Gasteiger partial charge in [0.2, 0.25) is 18.0 Å². The minimum atomic E-state index is -4.50. The Morgan fingerprint density at radius 3 is 2.39 bits per heavy atom. The van der Waals surface area contributed by atoms with Crippen LogP contribution < -0.4 is 15.5 Å². The number of para-hydroxylation sites is 1. The Hall–Kier alpha value is -3.73. The SMILES string of the molecule is CCOCC(=O)NC1(C(=O)NC2N=C(c3ccc(C(F)(F)F)cc3)c3ccccc3N(C)C2=O)CCCC1. The Kier molecular flexibility index (Phi) is 7.86. The van der Waals surface area contributed by atoms with Gasteiger partial charge in [-0.15, -0.1) is 0 Å². The number of hydrogen-bond donors (Lipinski definition) is 2. The number of ether oxygens (including phenoxy) is 1. The fourth-order valence-corrected chi connectivity index (χ4v) is 4.81. The van der Waals surface area contributed by atoms with E-state index in [1.165, 1.54) is 17.0 Å². The van der Waals surface area contributed by atoms with Crippen molar-refractivity contribution >= 4 is 29.1 Å². The van der Waals surface area contributed by atoms with Crippen LogP contribution in [0.1, 0.15) is 49.3 Å². The topological polar surface area (TPSA) is 100 Å². The highest BCUT2D eigenvalue weighted by atomic mass is 19.4. The van der Waals surface area contributed by atoms with E-state index in [2.05, 4.69) is 15.6 Å². The van der Waals surface area contributed by atoms with Crippen LogP contribution in [0.2, 0.25) is 0 Å². The molecule has 1 heterocycles. The first-order chi connectivity index (χ1) is 18.1. The summed E-state index contributed by atoms with van der Waals surface area (Å²) in [5.74, 6) is -1.51. The molecule has 11 heteroatoms. The summed E-state index contributed by atoms with van der Waals surface area (Å²) in [6.07, 6.45) is -3.65. The second-order valence-corrected chi connectivity index (χ2v) is 9.32. The van der Waals surface area contributed by atoms with Gasteiger partial charge in [-0.05, 0) is 38.0 Å². The second-order valence-electron chi connectivity index (χ2n) is 9.32. The van der Waals surface area contributed by atoms with E-state index in [0.717, 1.165) is 12.1 Å². The van der Waals surface area contributed by atoms with E-state index < -0.39 is 41.2 Å². The van der Waals surface area contributed by atoms with E-state index in [9.17, 15) is 27.6 Å². The molecule has 1 fully saturated rings. The summed E-state index contributed by atoms with van der Waals surface area (Å²) in [5, 5.41) is 5.48. The minimum Gasteiger partial charge on any atom is -0.372 e. The maximum atomic E-state index is 13.5. The molecule has 0 saturated heterocycles. The third kappa shape index (κ3) is 5.57. The van der Waals surface area contributed by atoms with Crippen molar-refractivity contribution in [1.29, 1.82) is 0 Å². The molecule has 2 aromatic rings. The van der Waals surface area contributed by atoms with Gasteiger partial charge in [0.05, 0.1) is 17.0 Å². The van der Waals surface area contributed by atoms with Crippen LogP contribution >= 0.6 is 0 Å². The number of carbonyl (C=O) groups excluding carboxylic acids is 3. The molecular weight excluding hydrogens is 501 g/mol. The number of halogens is 3. The fraction of sp³-hybridized carbons (Fsp3) is 0.407. The maximum absolute atomic E-state index is 13.5. The molecule has 0 radical (unpaired) electrons. The molecule has 38 heavy (non-hydrogen) atoms. The number of nitrogens with one attached hydrogen (secondary N) is 2. The number of anilines is 1. The standard InChI is InChI=1S/C27H29F3N4O4/c1-3-38-16-21(35)33-26(14-6-7-15-26)25(37)32-23-24(36)34(2)20-9-5-4-8-19(20)22(31-23)17-10-12-18(13-11-17)27(28,29)30/h4-5,8-13,23H,3,6-7,14-16H2,1-2H3,(H,32,37)(H,33,35). The van der Waals surface area contributed by atoms with Crippen LogP contribution in [0.5, 0.6) is 0 Å². The van der Waals surface area contributed by atoms with Crippen LogP contribution in [0.15, 0.2) is 53.5 Å². The molecule has 1 aliphatic heterocycles. The number of benzodiazepines with no additional fused rings is 1. The quantitative estimate of drug-likeness (QED) is 0.573. The molecule has 2 N–H and O–H groups in total. The van der Waals surface area contributed by atoms with Crippen LogP contribution in [0.25, 0.3) is 0 Å². The number of rotatable bonds is 7. The molecule has 0 aromatic heterocycles. The molecule has 2 aliphatic rings. The summed E-state index contributed by atoms with van der Waals surface area (Å²) in [5.41, 5.74) is -0.385. The van der Waals surface area contributed by atoms with Gasteiger partial charge in [-0.1, -0.05) is 43.2 Å². The highest BCUT2D eigenvalue weighted by Crippen LogP contribution is 2.33. The van der Waals surface area contributed by atoms with Gasteiger partial charge in [0, 0.05) is 24.8 Å². The lowest BCUT2D eigenvalue weighted by Crippen LogP contribution is -2.61. The fourth-order valence-electron chi connectivity index (χ4n) is 4.81. The third-order valence-corrected chi connectivity index (χ3v) is 6.80. The Labute approximate surface area is 218 Å². The number of alkyl halides is 3. The number of hydrogen-bond acceptors (Lipinski definition) is 5. The summed E-state index contributed by atoms with van der Waals surface area (Å²) in [4.78, 5) is 45.3.